The Kier molecular flexibility index (Phi) is 2.11. The molecule has 1 aromatic heterocycles. The van der Waals surface area contributed by atoms with E-state index in [-0.39, 0.29) is 5.91 Å². The smallest absolute Gasteiger partial charge is 0.246 e. The third kappa shape index (κ3) is 1.43. The average Bonchev–Trinajstić information content (AvgIpc) is 2.55. The summed E-state index contributed by atoms with van der Waals surface area (Å²) in [6.45, 7) is 4.89. The fourth-order valence-corrected chi connectivity index (χ4v) is 1.77. The van der Waals surface area contributed by atoms with Gasteiger partial charge in [0.05, 0.1) is 5.69 Å². The minimum atomic E-state index is -0.000460. The van der Waals surface area contributed by atoms with Crippen molar-refractivity contribution in [2.75, 3.05) is 6.54 Å². The fraction of sp³-hybridized carbons (Fsp3) is 0.400. The molecule has 1 aliphatic rings. The number of carbonyl (C=O) groups is 1. The first-order valence-electron chi connectivity index (χ1n) is 4.63. The van der Waals surface area contributed by atoms with Crippen LogP contribution in [0.3, 0.4) is 0 Å². The Balaban J connectivity index is 2.20. The lowest BCUT2D eigenvalue weighted by atomic mass is 10.1. The Morgan fingerprint density at radius 3 is 3.21 bits per heavy atom. The zero-order chi connectivity index (χ0) is 10.1. The van der Waals surface area contributed by atoms with Crippen molar-refractivity contribution in [3.63, 3.8) is 0 Å². The van der Waals surface area contributed by atoms with Crippen LogP contribution in [0.25, 0.3) is 0 Å². The second-order valence-electron chi connectivity index (χ2n) is 3.49. The predicted molar refractivity (Wildman–Crippen MR) is 52.5 cm³/mol. The molecule has 0 unspecified atom stereocenters. The molecule has 74 valence electrons. The van der Waals surface area contributed by atoms with Crippen molar-refractivity contribution >= 4 is 5.91 Å². The maximum Gasteiger partial charge on any atom is 0.246 e. The number of carbonyl (C=O) groups excluding carboxylic acids is 1. The van der Waals surface area contributed by atoms with Crippen molar-refractivity contribution in [3.8, 4) is 0 Å². The molecule has 2 rings (SSSR count). The summed E-state index contributed by atoms with van der Waals surface area (Å²) in [5, 5.41) is 4.32. The number of amides is 1. The van der Waals surface area contributed by atoms with Crippen LogP contribution in [0.5, 0.6) is 0 Å². The fourth-order valence-electron chi connectivity index (χ4n) is 1.77. The van der Waals surface area contributed by atoms with Gasteiger partial charge in [-0.15, -0.1) is 0 Å². The normalized spacial score (nSPS) is 15.1. The largest absolute Gasteiger partial charge is 0.334 e. The van der Waals surface area contributed by atoms with E-state index in [1.54, 1.807) is 9.58 Å². The zero-order valence-corrected chi connectivity index (χ0v) is 8.23. The van der Waals surface area contributed by atoms with Crippen LogP contribution >= 0.6 is 0 Å². The van der Waals surface area contributed by atoms with Gasteiger partial charge in [-0.3, -0.25) is 9.48 Å². The summed E-state index contributed by atoms with van der Waals surface area (Å²) in [5.74, 6) is -0.000460. The highest BCUT2D eigenvalue weighted by atomic mass is 16.2. The molecule has 1 aliphatic heterocycles. The Labute approximate surface area is 82.8 Å². The Morgan fingerprint density at radius 2 is 2.50 bits per heavy atom. The standard InChI is InChI=1S/C10H13N3O/c1-3-10(14)13-5-4-9-8(7-13)6-12(2)11-9/h3,6H,1,4-5,7H2,2H3. The number of fused-ring (bicyclic) bond motifs is 1. The van der Waals surface area contributed by atoms with E-state index in [2.05, 4.69) is 11.7 Å². The number of aromatic nitrogens is 2. The van der Waals surface area contributed by atoms with E-state index in [1.807, 2.05) is 13.2 Å². The molecule has 0 saturated heterocycles. The monoisotopic (exact) mass is 191 g/mol. The van der Waals surface area contributed by atoms with Crippen LogP contribution in [0.1, 0.15) is 11.3 Å². The molecule has 0 aromatic carbocycles. The quantitative estimate of drug-likeness (QED) is 0.606. The Hall–Kier alpha value is -1.58. The molecular weight excluding hydrogens is 178 g/mol. The minimum absolute atomic E-state index is 0.000460. The third-order valence-electron chi connectivity index (χ3n) is 2.46. The summed E-state index contributed by atoms with van der Waals surface area (Å²) in [6.07, 6.45) is 4.18. The van der Waals surface area contributed by atoms with Crippen LogP contribution in [0, 0.1) is 0 Å². The first-order chi connectivity index (χ1) is 6.70. The van der Waals surface area contributed by atoms with Crippen molar-refractivity contribution in [1.29, 1.82) is 0 Å². The molecule has 1 amide bonds. The van der Waals surface area contributed by atoms with Crippen LogP contribution < -0.4 is 0 Å². The third-order valence-corrected chi connectivity index (χ3v) is 2.46. The van der Waals surface area contributed by atoms with Gasteiger partial charge in [0.1, 0.15) is 0 Å². The minimum Gasteiger partial charge on any atom is -0.334 e. The van der Waals surface area contributed by atoms with Crippen molar-refractivity contribution in [3.05, 3.63) is 30.1 Å². The highest BCUT2D eigenvalue weighted by Gasteiger charge is 2.20. The van der Waals surface area contributed by atoms with Gasteiger partial charge in [0, 0.05) is 38.3 Å². The van der Waals surface area contributed by atoms with Gasteiger partial charge >= 0.3 is 0 Å². The molecule has 1 aromatic rings. The number of aryl methyl sites for hydroxylation is 1. The molecule has 14 heavy (non-hydrogen) atoms. The van der Waals surface area contributed by atoms with Crippen molar-refractivity contribution in [2.24, 2.45) is 7.05 Å². The average molecular weight is 191 g/mol. The van der Waals surface area contributed by atoms with Crippen LogP contribution in [0.15, 0.2) is 18.9 Å². The summed E-state index contributed by atoms with van der Waals surface area (Å²) < 4.78 is 1.80. The lowest BCUT2D eigenvalue weighted by molar-refractivity contribution is -0.126. The van der Waals surface area contributed by atoms with Gasteiger partial charge < -0.3 is 4.90 Å². The topological polar surface area (TPSA) is 38.1 Å². The maximum absolute atomic E-state index is 11.4. The van der Waals surface area contributed by atoms with Crippen molar-refractivity contribution in [2.45, 2.75) is 13.0 Å². The van der Waals surface area contributed by atoms with Crippen LogP contribution in [0.2, 0.25) is 0 Å². The van der Waals surface area contributed by atoms with Crippen molar-refractivity contribution < 1.29 is 4.79 Å². The second-order valence-corrected chi connectivity index (χ2v) is 3.49. The van der Waals surface area contributed by atoms with Gasteiger partial charge in [-0.05, 0) is 6.08 Å². The summed E-state index contributed by atoms with van der Waals surface area (Å²) in [4.78, 5) is 13.2. The second kappa shape index (κ2) is 3.29. The molecule has 4 heteroatoms. The molecule has 0 bridgehead atoms. The van der Waals surface area contributed by atoms with E-state index in [1.165, 1.54) is 6.08 Å². The lowest BCUT2D eigenvalue weighted by Gasteiger charge is -2.24. The first-order valence-corrected chi connectivity index (χ1v) is 4.63. The maximum atomic E-state index is 11.4. The summed E-state index contributed by atoms with van der Waals surface area (Å²) >= 11 is 0. The van der Waals surface area contributed by atoms with E-state index in [9.17, 15) is 4.79 Å². The summed E-state index contributed by atoms with van der Waals surface area (Å²) in [5.41, 5.74) is 2.26. The van der Waals surface area contributed by atoms with Crippen molar-refractivity contribution in [1.82, 2.24) is 14.7 Å². The van der Waals surface area contributed by atoms with Crippen LogP contribution in [-0.2, 0) is 24.8 Å². The molecule has 0 saturated carbocycles. The molecule has 0 aliphatic carbocycles. The molecule has 2 heterocycles. The molecule has 0 spiro atoms. The number of nitrogens with zero attached hydrogens (tertiary/aromatic N) is 3. The Morgan fingerprint density at radius 1 is 1.71 bits per heavy atom. The van der Waals surface area contributed by atoms with E-state index in [0.717, 1.165) is 24.2 Å². The first kappa shape index (κ1) is 8.99. The Bertz CT molecular complexity index is 381. The highest BCUT2D eigenvalue weighted by molar-refractivity contribution is 5.87. The molecular formula is C10H13N3O. The van der Waals surface area contributed by atoms with E-state index >= 15 is 0 Å². The van der Waals surface area contributed by atoms with Gasteiger partial charge in [0.25, 0.3) is 0 Å². The van der Waals surface area contributed by atoms with Crippen LogP contribution in [-0.4, -0.2) is 27.1 Å². The van der Waals surface area contributed by atoms with Gasteiger partial charge in [0.2, 0.25) is 5.91 Å². The number of rotatable bonds is 1. The molecule has 0 radical (unpaired) electrons. The zero-order valence-electron chi connectivity index (χ0n) is 8.23. The molecule has 0 N–H and O–H groups in total. The van der Waals surface area contributed by atoms with Gasteiger partial charge in [-0.25, -0.2) is 0 Å². The molecule has 0 fully saturated rings. The van der Waals surface area contributed by atoms with E-state index < -0.39 is 0 Å². The summed E-state index contributed by atoms with van der Waals surface area (Å²) in [7, 11) is 1.90. The molecule has 4 nitrogen and oxygen atoms in total. The summed E-state index contributed by atoms with van der Waals surface area (Å²) in [6, 6.07) is 0. The molecule has 0 atom stereocenters. The van der Waals surface area contributed by atoms with Gasteiger partial charge in [0.15, 0.2) is 0 Å². The van der Waals surface area contributed by atoms with E-state index in [0.29, 0.717) is 6.54 Å². The number of hydrogen-bond acceptors (Lipinski definition) is 2. The lowest BCUT2D eigenvalue weighted by Crippen LogP contribution is -2.34. The SMILES string of the molecule is C=CC(=O)N1CCc2nn(C)cc2C1. The van der Waals surface area contributed by atoms with Gasteiger partial charge in [-0.2, -0.15) is 5.10 Å². The van der Waals surface area contributed by atoms with Crippen LogP contribution in [0.4, 0.5) is 0 Å². The predicted octanol–water partition coefficient (Wildman–Crippen LogP) is 0.491. The van der Waals surface area contributed by atoms with E-state index in [4.69, 9.17) is 0 Å². The highest BCUT2D eigenvalue weighted by Crippen LogP contribution is 2.16. The number of hydrogen-bond donors (Lipinski definition) is 0. The van der Waals surface area contributed by atoms with Gasteiger partial charge in [-0.1, -0.05) is 6.58 Å².